The predicted molar refractivity (Wildman–Crippen MR) is 73.5 cm³/mol. The van der Waals surface area contributed by atoms with Crippen molar-refractivity contribution < 1.29 is 9.18 Å². The first-order chi connectivity index (χ1) is 8.56. The number of alkyl halides is 1. The highest BCUT2D eigenvalue weighted by molar-refractivity contribution is 9.09. The molecule has 2 nitrogen and oxygen atoms in total. The van der Waals surface area contributed by atoms with Gasteiger partial charge in [0, 0.05) is 11.4 Å². The van der Waals surface area contributed by atoms with Gasteiger partial charge in [0.15, 0.2) is 0 Å². The van der Waals surface area contributed by atoms with Gasteiger partial charge in [0.25, 0.3) is 5.91 Å². The Kier molecular flexibility index (Phi) is 4.38. The quantitative estimate of drug-likeness (QED) is 0.851. The van der Waals surface area contributed by atoms with Crippen LogP contribution in [0.15, 0.2) is 18.2 Å². The molecule has 2 atom stereocenters. The second-order valence-electron chi connectivity index (χ2n) is 4.97. The molecule has 0 aliphatic heterocycles. The fraction of sp³-hybridized carbons (Fsp3) is 0.500. The number of carbonyl (C=O) groups is 1. The number of amides is 1. The van der Waals surface area contributed by atoms with Crippen LogP contribution >= 0.6 is 15.9 Å². The number of hydrogen-bond donors (Lipinski definition) is 1. The zero-order chi connectivity index (χ0) is 13.1. The van der Waals surface area contributed by atoms with Gasteiger partial charge in [-0.1, -0.05) is 27.6 Å². The van der Waals surface area contributed by atoms with Gasteiger partial charge in [-0.15, -0.1) is 0 Å². The average molecular weight is 314 g/mol. The van der Waals surface area contributed by atoms with Gasteiger partial charge < -0.3 is 5.32 Å². The first-order valence-corrected chi connectivity index (χ1v) is 7.16. The van der Waals surface area contributed by atoms with E-state index in [1.165, 1.54) is 6.07 Å². The third-order valence-corrected chi connectivity index (χ3v) is 4.23. The van der Waals surface area contributed by atoms with Gasteiger partial charge in [-0.3, -0.25) is 4.79 Å². The van der Waals surface area contributed by atoms with Crippen LogP contribution in [0.5, 0.6) is 0 Å². The van der Waals surface area contributed by atoms with Crippen LogP contribution in [-0.4, -0.2) is 17.3 Å². The zero-order valence-electron chi connectivity index (χ0n) is 10.4. The predicted octanol–water partition coefficient (Wildman–Crippen LogP) is 3.43. The molecule has 98 valence electrons. The number of hydrogen-bond acceptors (Lipinski definition) is 1. The van der Waals surface area contributed by atoms with E-state index in [-0.39, 0.29) is 11.5 Å². The average Bonchev–Trinajstić information content (AvgIpc) is 2.75. The summed E-state index contributed by atoms with van der Waals surface area (Å²) in [5.74, 6) is -0.261. The third kappa shape index (κ3) is 3.31. The van der Waals surface area contributed by atoms with Gasteiger partial charge in [-0.25, -0.2) is 4.39 Å². The standard InChI is InChI=1S/C14H17BrFNO/c1-9-2-5-13(16)12(6-9)14(18)17-8-10-3-4-11(15)7-10/h2,5-6,10-11H,3-4,7-8H2,1H3,(H,17,18). The molecule has 1 fully saturated rings. The monoisotopic (exact) mass is 313 g/mol. The molecule has 0 radical (unpaired) electrons. The van der Waals surface area contributed by atoms with E-state index in [2.05, 4.69) is 21.2 Å². The lowest BCUT2D eigenvalue weighted by atomic mass is 10.1. The molecular weight excluding hydrogens is 297 g/mol. The summed E-state index contributed by atoms with van der Waals surface area (Å²) in [4.78, 5) is 12.5. The zero-order valence-corrected chi connectivity index (χ0v) is 12.0. The van der Waals surface area contributed by atoms with Crippen molar-refractivity contribution in [2.45, 2.75) is 31.0 Å². The molecule has 18 heavy (non-hydrogen) atoms. The summed E-state index contributed by atoms with van der Waals surface area (Å²) in [6.45, 7) is 2.48. The van der Waals surface area contributed by atoms with Crippen LogP contribution in [0.25, 0.3) is 0 Å². The van der Waals surface area contributed by atoms with Crippen LogP contribution in [0.4, 0.5) is 4.39 Å². The molecule has 1 aromatic rings. The minimum absolute atomic E-state index is 0.142. The van der Waals surface area contributed by atoms with Crippen molar-refractivity contribution in [1.29, 1.82) is 0 Å². The van der Waals surface area contributed by atoms with E-state index in [0.717, 1.165) is 24.8 Å². The van der Waals surface area contributed by atoms with Crippen LogP contribution < -0.4 is 5.32 Å². The Bertz CT molecular complexity index is 449. The highest BCUT2D eigenvalue weighted by Gasteiger charge is 2.23. The normalized spacial score (nSPS) is 23.1. The first-order valence-electron chi connectivity index (χ1n) is 6.24. The summed E-state index contributed by atoms with van der Waals surface area (Å²) in [7, 11) is 0. The number of halogens is 2. The van der Waals surface area contributed by atoms with Crippen molar-refractivity contribution in [2.75, 3.05) is 6.54 Å². The van der Waals surface area contributed by atoms with Crippen LogP contribution in [0, 0.1) is 18.7 Å². The summed E-state index contributed by atoms with van der Waals surface area (Å²) in [5.41, 5.74) is 1.03. The van der Waals surface area contributed by atoms with E-state index in [4.69, 9.17) is 0 Å². The van der Waals surface area contributed by atoms with Gasteiger partial charge in [0.2, 0.25) is 0 Å². The van der Waals surface area contributed by atoms with Gasteiger partial charge in [0.05, 0.1) is 5.56 Å². The van der Waals surface area contributed by atoms with Crippen molar-refractivity contribution in [3.63, 3.8) is 0 Å². The highest BCUT2D eigenvalue weighted by atomic mass is 79.9. The molecule has 1 aromatic carbocycles. The second-order valence-corrected chi connectivity index (χ2v) is 6.26. The molecule has 4 heteroatoms. The Morgan fingerprint density at radius 3 is 2.94 bits per heavy atom. The van der Waals surface area contributed by atoms with E-state index >= 15 is 0 Å². The lowest BCUT2D eigenvalue weighted by molar-refractivity contribution is 0.0943. The minimum Gasteiger partial charge on any atom is -0.352 e. The summed E-state index contributed by atoms with van der Waals surface area (Å²) < 4.78 is 13.5. The van der Waals surface area contributed by atoms with Crippen molar-refractivity contribution in [2.24, 2.45) is 5.92 Å². The molecule has 1 saturated carbocycles. The van der Waals surface area contributed by atoms with Crippen molar-refractivity contribution >= 4 is 21.8 Å². The van der Waals surface area contributed by atoms with Gasteiger partial charge in [-0.05, 0) is 44.2 Å². The van der Waals surface area contributed by atoms with Gasteiger partial charge in [0.1, 0.15) is 5.82 Å². The first kappa shape index (κ1) is 13.5. The fourth-order valence-electron chi connectivity index (χ4n) is 2.34. The van der Waals surface area contributed by atoms with Crippen LogP contribution in [0.3, 0.4) is 0 Å². The number of benzene rings is 1. The Morgan fingerprint density at radius 1 is 1.50 bits per heavy atom. The Morgan fingerprint density at radius 2 is 2.28 bits per heavy atom. The Balaban J connectivity index is 1.93. The molecule has 1 aliphatic rings. The van der Waals surface area contributed by atoms with Crippen LogP contribution in [0.1, 0.15) is 35.2 Å². The largest absolute Gasteiger partial charge is 0.352 e. The smallest absolute Gasteiger partial charge is 0.254 e. The minimum atomic E-state index is -0.456. The second kappa shape index (κ2) is 5.83. The summed E-state index contributed by atoms with van der Waals surface area (Å²) in [5, 5.41) is 2.83. The summed E-state index contributed by atoms with van der Waals surface area (Å²) in [6.07, 6.45) is 3.35. The van der Waals surface area contributed by atoms with Crippen molar-refractivity contribution in [3.8, 4) is 0 Å². The molecule has 1 aliphatic carbocycles. The maximum atomic E-state index is 13.5. The number of aryl methyl sites for hydroxylation is 1. The van der Waals surface area contributed by atoms with Crippen molar-refractivity contribution in [1.82, 2.24) is 5.32 Å². The number of carbonyl (C=O) groups excluding carboxylic acids is 1. The maximum Gasteiger partial charge on any atom is 0.254 e. The lowest BCUT2D eigenvalue weighted by Gasteiger charge is -2.11. The number of nitrogens with one attached hydrogen (secondary N) is 1. The van der Waals surface area contributed by atoms with E-state index in [9.17, 15) is 9.18 Å². The molecule has 0 saturated heterocycles. The van der Waals surface area contributed by atoms with Crippen LogP contribution in [-0.2, 0) is 0 Å². The van der Waals surface area contributed by atoms with Crippen molar-refractivity contribution in [3.05, 3.63) is 35.1 Å². The topological polar surface area (TPSA) is 29.1 Å². The summed E-state index contributed by atoms with van der Waals surface area (Å²) >= 11 is 3.58. The van der Waals surface area contributed by atoms with Gasteiger partial charge in [-0.2, -0.15) is 0 Å². The van der Waals surface area contributed by atoms with E-state index in [1.54, 1.807) is 12.1 Å². The van der Waals surface area contributed by atoms with Gasteiger partial charge >= 0.3 is 0 Å². The number of rotatable bonds is 3. The van der Waals surface area contributed by atoms with E-state index in [0.29, 0.717) is 17.3 Å². The lowest BCUT2D eigenvalue weighted by Crippen LogP contribution is -2.29. The molecule has 0 heterocycles. The van der Waals surface area contributed by atoms with E-state index < -0.39 is 5.82 Å². The molecule has 1 amide bonds. The summed E-state index contributed by atoms with van der Waals surface area (Å²) in [6, 6.07) is 4.60. The molecule has 0 aromatic heterocycles. The third-order valence-electron chi connectivity index (χ3n) is 3.40. The molecule has 0 bridgehead atoms. The maximum absolute atomic E-state index is 13.5. The Labute approximate surface area is 115 Å². The molecule has 2 rings (SSSR count). The highest BCUT2D eigenvalue weighted by Crippen LogP contribution is 2.30. The molecule has 0 spiro atoms. The Hall–Kier alpha value is -0.900. The molecule has 2 unspecified atom stereocenters. The molecular formula is C14H17BrFNO. The SMILES string of the molecule is Cc1ccc(F)c(C(=O)NCC2CCC(Br)C2)c1. The van der Waals surface area contributed by atoms with E-state index in [1.807, 2.05) is 6.92 Å². The fourth-order valence-corrected chi connectivity index (χ4v) is 3.14. The van der Waals surface area contributed by atoms with Crippen LogP contribution in [0.2, 0.25) is 0 Å². The molecule has 1 N–H and O–H groups in total.